The molecule has 0 spiro atoms. The van der Waals surface area contributed by atoms with Gasteiger partial charge in [0, 0.05) is 73.7 Å². The number of nitrogens with one attached hydrogen (secondary N) is 1. The van der Waals surface area contributed by atoms with E-state index in [1.807, 2.05) is 0 Å². The first-order chi connectivity index (χ1) is 15.7. The highest BCUT2D eigenvalue weighted by atomic mass is 16.6. The third-order valence-electron chi connectivity index (χ3n) is 5.85. The standard InChI is InChI=1S/C22H25N5O6/c1-15-17(5-3-7-19(15)26(30)31)21(28)23-9-10-24-11-13-25(14-12-24)22(29)18-6-4-8-20(16(18)2)27(32)33/h3-8H,9-14H2,1-2H3,(H,23,28). The van der Waals surface area contributed by atoms with E-state index in [0.717, 1.165) is 0 Å². The maximum absolute atomic E-state index is 12.8. The Morgan fingerprint density at radius 1 is 0.879 bits per heavy atom. The predicted molar refractivity (Wildman–Crippen MR) is 120 cm³/mol. The number of piperazine rings is 1. The highest BCUT2D eigenvalue weighted by Gasteiger charge is 2.26. The Kier molecular flexibility index (Phi) is 7.34. The minimum absolute atomic E-state index is 0.0748. The van der Waals surface area contributed by atoms with E-state index in [4.69, 9.17) is 0 Å². The Bertz CT molecular complexity index is 1090. The first kappa shape index (κ1) is 23.8. The number of hydrogen-bond donors (Lipinski definition) is 1. The minimum Gasteiger partial charge on any atom is -0.351 e. The molecule has 1 saturated heterocycles. The number of nitro groups is 2. The van der Waals surface area contributed by atoms with Gasteiger partial charge in [-0.05, 0) is 26.0 Å². The molecule has 2 aromatic carbocycles. The minimum atomic E-state index is -0.512. The fraction of sp³-hybridized carbons (Fsp3) is 0.364. The lowest BCUT2D eigenvalue weighted by molar-refractivity contribution is -0.385. The fourth-order valence-electron chi connectivity index (χ4n) is 3.89. The van der Waals surface area contributed by atoms with Crippen molar-refractivity contribution in [3.05, 3.63) is 78.9 Å². The van der Waals surface area contributed by atoms with Crippen molar-refractivity contribution in [3.8, 4) is 0 Å². The maximum Gasteiger partial charge on any atom is 0.273 e. The van der Waals surface area contributed by atoms with Crippen LogP contribution in [-0.2, 0) is 0 Å². The molecule has 33 heavy (non-hydrogen) atoms. The number of benzene rings is 2. The number of nitro benzene ring substituents is 2. The topological polar surface area (TPSA) is 139 Å². The third-order valence-corrected chi connectivity index (χ3v) is 5.85. The first-order valence-electron chi connectivity index (χ1n) is 10.5. The molecule has 0 aliphatic carbocycles. The van der Waals surface area contributed by atoms with Crippen LogP contribution < -0.4 is 5.32 Å². The van der Waals surface area contributed by atoms with Gasteiger partial charge in [0.05, 0.1) is 9.85 Å². The van der Waals surface area contributed by atoms with Crippen LogP contribution in [0.3, 0.4) is 0 Å². The van der Waals surface area contributed by atoms with Gasteiger partial charge in [0.2, 0.25) is 0 Å². The first-order valence-corrected chi connectivity index (χ1v) is 10.5. The molecule has 0 aromatic heterocycles. The van der Waals surface area contributed by atoms with Crippen molar-refractivity contribution in [1.82, 2.24) is 15.1 Å². The largest absolute Gasteiger partial charge is 0.351 e. The summed E-state index contributed by atoms with van der Waals surface area (Å²) in [6.07, 6.45) is 0. The molecule has 1 aliphatic rings. The van der Waals surface area contributed by atoms with E-state index in [2.05, 4.69) is 10.2 Å². The zero-order valence-electron chi connectivity index (χ0n) is 18.4. The van der Waals surface area contributed by atoms with Gasteiger partial charge in [0.15, 0.2) is 0 Å². The Hall–Kier alpha value is -3.86. The molecular weight excluding hydrogens is 430 g/mol. The molecule has 11 nitrogen and oxygen atoms in total. The molecule has 174 valence electrons. The van der Waals surface area contributed by atoms with Crippen LogP contribution in [0.15, 0.2) is 36.4 Å². The van der Waals surface area contributed by atoms with E-state index in [1.54, 1.807) is 30.9 Å². The average Bonchev–Trinajstić information content (AvgIpc) is 2.79. The van der Waals surface area contributed by atoms with Crippen molar-refractivity contribution in [2.45, 2.75) is 13.8 Å². The van der Waals surface area contributed by atoms with Crippen LogP contribution in [0.4, 0.5) is 11.4 Å². The summed E-state index contributed by atoms with van der Waals surface area (Å²) >= 11 is 0. The van der Waals surface area contributed by atoms with Crippen LogP contribution in [0.25, 0.3) is 0 Å². The van der Waals surface area contributed by atoms with Crippen molar-refractivity contribution < 1.29 is 19.4 Å². The molecule has 1 fully saturated rings. The molecule has 0 bridgehead atoms. The molecular formula is C22H25N5O6. The van der Waals surface area contributed by atoms with E-state index in [-0.39, 0.29) is 28.8 Å². The van der Waals surface area contributed by atoms with Crippen LogP contribution in [0.1, 0.15) is 31.8 Å². The van der Waals surface area contributed by atoms with E-state index in [0.29, 0.717) is 56.0 Å². The summed E-state index contributed by atoms with van der Waals surface area (Å²) < 4.78 is 0. The summed E-state index contributed by atoms with van der Waals surface area (Å²) in [7, 11) is 0. The molecule has 1 aliphatic heterocycles. The summed E-state index contributed by atoms with van der Waals surface area (Å²) in [5.41, 5.74) is 1.11. The smallest absolute Gasteiger partial charge is 0.273 e. The van der Waals surface area contributed by atoms with Gasteiger partial charge in [-0.1, -0.05) is 12.1 Å². The second kappa shape index (κ2) is 10.2. The number of carbonyl (C=O) groups excluding carboxylic acids is 2. The van der Waals surface area contributed by atoms with Crippen LogP contribution in [0.2, 0.25) is 0 Å². The Morgan fingerprint density at radius 2 is 1.39 bits per heavy atom. The normalized spacial score (nSPS) is 14.1. The molecule has 0 saturated carbocycles. The molecule has 3 rings (SSSR count). The molecule has 0 radical (unpaired) electrons. The van der Waals surface area contributed by atoms with Crippen molar-refractivity contribution >= 4 is 23.2 Å². The molecule has 11 heteroatoms. The number of nitrogens with zero attached hydrogens (tertiary/aromatic N) is 4. The van der Waals surface area contributed by atoms with Gasteiger partial charge in [0.25, 0.3) is 23.2 Å². The highest BCUT2D eigenvalue weighted by Crippen LogP contribution is 2.23. The van der Waals surface area contributed by atoms with E-state index in [1.165, 1.54) is 24.3 Å². The second-order valence-corrected chi connectivity index (χ2v) is 7.80. The molecule has 1 heterocycles. The lowest BCUT2D eigenvalue weighted by Gasteiger charge is -2.35. The predicted octanol–water partition coefficient (Wildman–Crippen LogP) is 2.31. The van der Waals surface area contributed by atoms with Crippen LogP contribution in [0, 0.1) is 34.1 Å². The molecule has 1 N–H and O–H groups in total. The summed E-state index contributed by atoms with van der Waals surface area (Å²) in [6, 6.07) is 8.90. The van der Waals surface area contributed by atoms with E-state index in [9.17, 15) is 29.8 Å². The second-order valence-electron chi connectivity index (χ2n) is 7.80. The van der Waals surface area contributed by atoms with Gasteiger partial charge >= 0.3 is 0 Å². The summed E-state index contributed by atoms with van der Waals surface area (Å²) in [5, 5.41) is 25.0. The average molecular weight is 455 g/mol. The summed E-state index contributed by atoms with van der Waals surface area (Å²) in [6.45, 7) is 6.20. The molecule has 2 amide bonds. The van der Waals surface area contributed by atoms with Gasteiger partial charge in [-0.3, -0.25) is 34.7 Å². The van der Waals surface area contributed by atoms with E-state index < -0.39 is 9.85 Å². The summed E-state index contributed by atoms with van der Waals surface area (Å²) in [5.74, 6) is -0.600. The molecule has 0 unspecified atom stereocenters. The number of amides is 2. The fourth-order valence-corrected chi connectivity index (χ4v) is 3.89. The molecule has 0 atom stereocenters. The number of rotatable bonds is 7. The quantitative estimate of drug-likeness (QED) is 0.499. The van der Waals surface area contributed by atoms with Crippen molar-refractivity contribution in [2.75, 3.05) is 39.3 Å². The SMILES string of the molecule is Cc1c(C(=O)NCCN2CCN(C(=O)c3cccc([N+](=O)[O-])c3C)CC2)cccc1[N+](=O)[O-]. The summed E-state index contributed by atoms with van der Waals surface area (Å²) in [4.78, 5) is 50.2. The monoisotopic (exact) mass is 455 g/mol. The maximum atomic E-state index is 12.8. The van der Waals surface area contributed by atoms with Gasteiger partial charge in [0.1, 0.15) is 0 Å². The van der Waals surface area contributed by atoms with Crippen molar-refractivity contribution in [2.24, 2.45) is 0 Å². The van der Waals surface area contributed by atoms with Crippen LogP contribution in [0.5, 0.6) is 0 Å². The van der Waals surface area contributed by atoms with Gasteiger partial charge < -0.3 is 10.2 Å². The Morgan fingerprint density at radius 3 is 1.94 bits per heavy atom. The van der Waals surface area contributed by atoms with Crippen LogP contribution in [-0.4, -0.2) is 70.7 Å². The van der Waals surface area contributed by atoms with E-state index >= 15 is 0 Å². The highest BCUT2D eigenvalue weighted by molar-refractivity contribution is 5.97. The zero-order chi connectivity index (χ0) is 24.1. The Labute approximate surface area is 190 Å². The molecule has 2 aromatic rings. The zero-order valence-corrected chi connectivity index (χ0v) is 18.4. The number of hydrogen-bond acceptors (Lipinski definition) is 7. The number of carbonyl (C=O) groups is 2. The van der Waals surface area contributed by atoms with Gasteiger partial charge in [-0.2, -0.15) is 0 Å². The lowest BCUT2D eigenvalue weighted by atomic mass is 10.1. The van der Waals surface area contributed by atoms with Gasteiger partial charge in [-0.15, -0.1) is 0 Å². The van der Waals surface area contributed by atoms with Crippen molar-refractivity contribution in [3.63, 3.8) is 0 Å². The van der Waals surface area contributed by atoms with Crippen molar-refractivity contribution in [1.29, 1.82) is 0 Å². The third kappa shape index (κ3) is 5.32. The Balaban J connectivity index is 1.51. The van der Waals surface area contributed by atoms with Crippen LogP contribution >= 0.6 is 0 Å². The van der Waals surface area contributed by atoms with Gasteiger partial charge in [-0.25, -0.2) is 0 Å². The lowest BCUT2D eigenvalue weighted by Crippen LogP contribution is -2.50.